The third-order valence-electron chi connectivity index (χ3n) is 2.51. The Morgan fingerprint density at radius 1 is 1.33 bits per heavy atom. The van der Waals surface area contributed by atoms with Crippen LogP contribution in [-0.2, 0) is 4.79 Å². The van der Waals surface area contributed by atoms with Crippen LogP contribution >= 0.6 is 0 Å². The lowest BCUT2D eigenvalue weighted by atomic mass is 10.1. The molecule has 0 unspecified atom stereocenters. The molecule has 1 aromatic rings. The van der Waals surface area contributed by atoms with Crippen molar-refractivity contribution < 1.29 is 19.8 Å². The summed E-state index contributed by atoms with van der Waals surface area (Å²) in [5, 5.41) is 21.1. The van der Waals surface area contributed by atoms with Crippen LogP contribution in [0.1, 0.15) is 16.8 Å². The van der Waals surface area contributed by atoms with Gasteiger partial charge in [-0.1, -0.05) is 0 Å². The molecule has 2 amide bonds. The molecule has 6 nitrogen and oxygen atoms in total. The molecule has 18 heavy (non-hydrogen) atoms. The number of nitrogens with zero attached hydrogens (tertiary/aromatic N) is 1. The van der Waals surface area contributed by atoms with Crippen molar-refractivity contribution in [3.63, 3.8) is 0 Å². The number of rotatable bonds is 4. The lowest BCUT2D eigenvalue weighted by molar-refractivity contribution is -0.120. The van der Waals surface area contributed by atoms with E-state index in [2.05, 4.69) is 5.32 Å². The molecule has 1 aromatic carbocycles. The fourth-order valence-corrected chi connectivity index (χ4v) is 1.40. The summed E-state index contributed by atoms with van der Waals surface area (Å²) in [6.45, 7) is 0.249. The highest BCUT2D eigenvalue weighted by Gasteiger charge is 2.16. The standard InChI is InChI=1S/C12H16N2O4/c1-13-11(17)5-6-14(2)12(18)9-4-3-8(15)7-10(9)16/h3-4,7,15-16H,5-6H2,1-2H3,(H,13,17). The Bertz CT molecular complexity index is 459. The maximum atomic E-state index is 11.9. The van der Waals surface area contributed by atoms with Gasteiger partial charge in [-0.15, -0.1) is 0 Å². The van der Waals surface area contributed by atoms with E-state index in [1.807, 2.05) is 0 Å². The van der Waals surface area contributed by atoms with Crippen LogP contribution in [0.15, 0.2) is 18.2 Å². The minimum Gasteiger partial charge on any atom is -0.508 e. The number of phenolic OH excluding ortho intramolecular Hbond substituents is 2. The normalized spacial score (nSPS) is 9.89. The molecule has 0 aromatic heterocycles. The number of amides is 2. The van der Waals surface area contributed by atoms with E-state index in [1.165, 1.54) is 31.1 Å². The average Bonchev–Trinajstić information content (AvgIpc) is 2.34. The first-order valence-electron chi connectivity index (χ1n) is 5.43. The number of carbonyl (C=O) groups excluding carboxylic acids is 2. The quantitative estimate of drug-likeness (QED) is 0.719. The lowest BCUT2D eigenvalue weighted by Crippen LogP contribution is -2.31. The summed E-state index contributed by atoms with van der Waals surface area (Å²) < 4.78 is 0. The highest BCUT2D eigenvalue weighted by atomic mass is 16.3. The van der Waals surface area contributed by atoms with Crippen LogP contribution in [0.25, 0.3) is 0 Å². The number of nitrogens with one attached hydrogen (secondary N) is 1. The Hall–Kier alpha value is -2.24. The molecule has 6 heteroatoms. The number of phenols is 2. The minimum atomic E-state index is -0.406. The van der Waals surface area contributed by atoms with E-state index in [9.17, 15) is 14.7 Å². The van der Waals surface area contributed by atoms with E-state index >= 15 is 0 Å². The van der Waals surface area contributed by atoms with Crippen LogP contribution in [-0.4, -0.2) is 47.6 Å². The van der Waals surface area contributed by atoms with Gasteiger partial charge in [-0.2, -0.15) is 0 Å². The Morgan fingerprint density at radius 3 is 2.56 bits per heavy atom. The average molecular weight is 252 g/mol. The van der Waals surface area contributed by atoms with Gasteiger partial charge in [0.15, 0.2) is 0 Å². The SMILES string of the molecule is CNC(=O)CCN(C)C(=O)c1ccc(O)cc1O. The fourth-order valence-electron chi connectivity index (χ4n) is 1.40. The Morgan fingerprint density at radius 2 is 2.00 bits per heavy atom. The highest BCUT2D eigenvalue weighted by Crippen LogP contribution is 2.23. The van der Waals surface area contributed by atoms with Gasteiger partial charge in [-0.3, -0.25) is 9.59 Å². The molecule has 0 fully saturated rings. The summed E-state index contributed by atoms with van der Waals surface area (Å²) in [5.41, 5.74) is 0.0900. The molecule has 1 rings (SSSR count). The van der Waals surface area contributed by atoms with Crippen LogP contribution < -0.4 is 5.32 Å². The molecular formula is C12H16N2O4. The predicted molar refractivity (Wildman–Crippen MR) is 65.4 cm³/mol. The fraction of sp³-hybridized carbons (Fsp3) is 0.333. The summed E-state index contributed by atoms with van der Waals surface area (Å²) in [7, 11) is 3.06. The van der Waals surface area contributed by atoms with Crippen LogP contribution in [0.4, 0.5) is 0 Å². The van der Waals surface area contributed by atoms with Gasteiger partial charge >= 0.3 is 0 Å². The molecule has 0 atom stereocenters. The molecule has 0 saturated heterocycles. The van der Waals surface area contributed by atoms with E-state index in [0.29, 0.717) is 0 Å². The van der Waals surface area contributed by atoms with Crippen LogP contribution in [0.2, 0.25) is 0 Å². The molecule has 3 N–H and O–H groups in total. The first-order chi connectivity index (χ1) is 8.45. The number of aromatic hydroxyl groups is 2. The molecular weight excluding hydrogens is 236 g/mol. The number of carbonyl (C=O) groups is 2. The summed E-state index contributed by atoms with van der Waals surface area (Å²) in [4.78, 5) is 24.3. The van der Waals surface area contributed by atoms with Crippen LogP contribution in [0, 0.1) is 0 Å². The first-order valence-corrected chi connectivity index (χ1v) is 5.43. The number of benzene rings is 1. The number of hydrogen-bond donors (Lipinski definition) is 3. The second kappa shape index (κ2) is 5.90. The molecule has 0 aliphatic rings. The topological polar surface area (TPSA) is 89.9 Å². The third-order valence-corrected chi connectivity index (χ3v) is 2.51. The van der Waals surface area contributed by atoms with Gasteiger partial charge in [0.2, 0.25) is 5.91 Å². The predicted octanol–water partition coefficient (Wildman–Crippen LogP) is 0.306. The molecule has 0 saturated carbocycles. The van der Waals surface area contributed by atoms with Gasteiger partial charge in [0.05, 0.1) is 5.56 Å². The Balaban J connectivity index is 2.71. The lowest BCUT2D eigenvalue weighted by Gasteiger charge is -2.17. The zero-order chi connectivity index (χ0) is 13.7. The summed E-state index contributed by atoms with van der Waals surface area (Å²) in [6, 6.07) is 3.75. The monoisotopic (exact) mass is 252 g/mol. The van der Waals surface area contributed by atoms with Crippen molar-refractivity contribution >= 4 is 11.8 Å². The second-order valence-corrected chi connectivity index (χ2v) is 3.85. The molecule has 0 aliphatic heterocycles. The molecule has 98 valence electrons. The van der Waals surface area contributed by atoms with Crippen molar-refractivity contribution in [2.75, 3.05) is 20.6 Å². The Kier molecular flexibility index (Phi) is 4.53. The zero-order valence-corrected chi connectivity index (χ0v) is 10.3. The van der Waals surface area contributed by atoms with Gasteiger partial charge in [-0.05, 0) is 12.1 Å². The third kappa shape index (κ3) is 3.38. The molecule has 0 spiro atoms. The van der Waals surface area contributed by atoms with Crippen molar-refractivity contribution in [2.45, 2.75) is 6.42 Å². The van der Waals surface area contributed by atoms with Gasteiger partial charge in [0, 0.05) is 33.1 Å². The summed E-state index contributed by atoms with van der Waals surface area (Å²) in [5.74, 6) is -0.968. The van der Waals surface area contributed by atoms with Crippen molar-refractivity contribution in [3.05, 3.63) is 23.8 Å². The van der Waals surface area contributed by atoms with E-state index in [4.69, 9.17) is 5.11 Å². The summed E-state index contributed by atoms with van der Waals surface area (Å²) in [6.07, 6.45) is 0.192. The minimum absolute atomic E-state index is 0.0900. The molecule has 0 bridgehead atoms. The largest absolute Gasteiger partial charge is 0.508 e. The molecule has 0 radical (unpaired) electrons. The van der Waals surface area contributed by atoms with Gasteiger partial charge < -0.3 is 20.4 Å². The van der Waals surface area contributed by atoms with Gasteiger partial charge in [0.1, 0.15) is 11.5 Å². The van der Waals surface area contributed by atoms with Gasteiger partial charge in [-0.25, -0.2) is 0 Å². The van der Waals surface area contributed by atoms with Gasteiger partial charge in [0.25, 0.3) is 5.91 Å². The van der Waals surface area contributed by atoms with Crippen molar-refractivity contribution in [2.24, 2.45) is 0 Å². The maximum Gasteiger partial charge on any atom is 0.257 e. The first kappa shape index (κ1) is 13.8. The van der Waals surface area contributed by atoms with E-state index in [-0.39, 0.29) is 35.9 Å². The number of hydrogen-bond acceptors (Lipinski definition) is 4. The molecule has 0 heterocycles. The maximum absolute atomic E-state index is 11.9. The van der Waals surface area contributed by atoms with Crippen LogP contribution in [0.5, 0.6) is 11.5 Å². The van der Waals surface area contributed by atoms with E-state index in [1.54, 1.807) is 0 Å². The zero-order valence-electron chi connectivity index (χ0n) is 10.3. The smallest absolute Gasteiger partial charge is 0.257 e. The Labute approximate surface area is 105 Å². The molecule has 0 aliphatic carbocycles. The highest BCUT2D eigenvalue weighted by molar-refractivity contribution is 5.97. The van der Waals surface area contributed by atoms with E-state index in [0.717, 1.165) is 6.07 Å². The van der Waals surface area contributed by atoms with Crippen LogP contribution in [0.3, 0.4) is 0 Å². The van der Waals surface area contributed by atoms with E-state index < -0.39 is 5.91 Å². The van der Waals surface area contributed by atoms with Crippen molar-refractivity contribution in [3.8, 4) is 11.5 Å². The second-order valence-electron chi connectivity index (χ2n) is 3.85. The summed E-state index contributed by atoms with van der Waals surface area (Å²) >= 11 is 0. The van der Waals surface area contributed by atoms with Crippen molar-refractivity contribution in [1.29, 1.82) is 0 Å². The van der Waals surface area contributed by atoms with Crippen molar-refractivity contribution in [1.82, 2.24) is 10.2 Å².